The third-order valence-electron chi connectivity index (χ3n) is 10.9. The van der Waals surface area contributed by atoms with Crippen LogP contribution in [-0.4, -0.2) is 14.1 Å². The minimum absolute atomic E-state index is 0.377. The Labute approximate surface area is 338 Å². The van der Waals surface area contributed by atoms with Gasteiger partial charge in [0.25, 0.3) is 6.33 Å². The van der Waals surface area contributed by atoms with Crippen molar-refractivity contribution in [3.8, 4) is 62.1 Å². The van der Waals surface area contributed by atoms with Crippen LogP contribution in [0.3, 0.4) is 0 Å². The number of rotatable bonds is 9. The number of nitrogens with zero attached hydrogens (tertiary/aromatic N) is 4. The Morgan fingerprint density at radius 3 is 1.93 bits per heavy atom. The number of benzene rings is 7. The molecule has 10 rings (SSSR count). The van der Waals surface area contributed by atoms with Crippen LogP contribution in [0.25, 0.3) is 72.4 Å². The van der Waals surface area contributed by atoms with Crippen LogP contribution < -0.4 is 9.30 Å². The molecule has 0 saturated heterocycles. The third-order valence-corrected chi connectivity index (χ3v) is 10.9. The first-order valence-electron chi connectivity index (χ1n) is 19.7. The van der Waals surface area contributed by atoms with Gasteiger partial charge in [0.15, 0.2) is 0 Å². The number of para-hydroxylation sites is 1. The molecule has 0 aliphatic heterocycles. The van der Waals surface area contributed by atoms with Crippen LogP contribution in [0.5, 0.6) is 11.5 Å². The molecule has 0 amide bonds. The quantitative estimate of drug-likeness (QED) is 0.109. The molecule has 5 nitrogen and oxygen atoms in total. The van der Waals surface area contributed by atoms with Gasteiger partial charge < -0.3 is 4.74 Å². The topological polar surface area (TPSA) is 35.9 Å². The molecule has 0 saturated carbocycles. The zero-order valence-corrected chi connectivity index (χ0v) is 32.3. The molecule has 0 aliphatic carbocycles. The second-order valence-corrected chi connectivity index (χ2v) is 14.9. The third kappa shape index (κ3) is 6.53. The van der Waals surface area contributed by atoms with E-state index >= 15 is 0 Å². The van der Waals surface area contributed by atoms with E-state index in [0.717, 1.165) is 67.4 Å². The molecule has 3 aromatic heterocycles. The van der Waals surface area contributed by atoms with Crippen LogP contribution in [0, 0.1) is 6.33 Å². The van der Waals surface area contributed by atoms with Gasteiger partial charge in [-0.1, -0.05) is 135 Å². The zero-order valence-electron chi connectivity index (χ0n) is 32.3. The minimum Gasteiger partial charge on any atom is -0.458 e. The van der Waals surface area contributed by atoms with E-state index in [0.29, 0.717) is 5.92 Å². The Morgan fingerprint density at radius 1 is 0.552 bits per heavy atom. The lowest BCUT2D eigenvalue weighted by atomic mass is 9.96. The monoisotopic (exact) mass is 748 g/mol. The summed E-state index contributed by atoms with van der Waals surface area (Å²) in [5.74, 6) is 2.74. The fraction of sp³-hybridized carbons (Fsp3) is 0.0566. The second kappa shape index (κ2) is 14.9. The average Bonchev–Trinajstić information content (AvgIpc) is 3.90. The van der Waals surface area contributed by atoms with Crippen LogP contribution in [0.2, 0.25) is 0 Å². The molecule has 0 radical (unpaired) electrons. The number of fused-ring (bicyclic) bond motifs is 3. The van der Waals surface area contributed by atoms with Gasteiger partial charge in [0, 0.05) is 35.4 Å². The molecule has 7 aromatic carbocycles. The Kier molecular flexibility index (Phi) is 8.96. The van der Waals surface area contributed by atoms with E-state index in [1.165, 1.54) is 22.1 Å². The van der Waals surface area contributed by atoms with Gasteiger partial charge in [-0.05, 0) is 99.5 Å². The second-order valence-electron chi connectivity index (χ2n) is 14.9. The molecular weight excluding hydrogens is 709 g/mol. The first-order valence-corrected chi connectivity index (χ1v) is 19.7. The maximum Gasteiger partial charge on any atom is 0.268 e. The molecule has 0 aliphatic rings. The summed E-state index contributed by atoms with van der Waals surface area (Å²) in [7, 11) is 0. The standard InChI is InChI=1S/C53H40N4O/c1-37(2)41-28-29-54-52(33-41)57-50-27-24-42(38-14-6-3-7-15-38)32-49(50)48-26-25-45(35-51(48)57)58-44-21-12-20-43(34-44)55-30-31-56(36-55)53-46(39-16-8-4-9-17-39)22-13-23-47(53)40-18-10-5-11-19-40/h3-35,37H,1-2H3. The van der Waals surface area contributed by atoms with Gasteiger partial charge in [0.05, 0.1) is 22.4 Å². The maximum absolute atomic E-state index is 6.67. The summed E-state index contributed by atoms with van der Waals surface area (Å²) in [6, 6.07) is 63.6. The van der Waals surface area contributed by atoms with Crippen molar-refractivity contribution in [3.63, 3.8) is 0 Å². The van der Waals surface area contributed by atoms with Crippen molar-refractivity contribution in [2.45, 2.75) is 19.8 Å². The first kappa shape index (κ1) is 35.0. The fourth-order valence-corrected chi connectivity index (χ4v) is 7.96. The summed E-state index contributed by atoms with van der Waals surface area (Å²) >= 11 is 0. The van der Waals surface area contributed by atoms with E-state index < -0.39 is 0 Å². The average molecular weight is 749 g/mol. The summed E-state index contributed by atoms with van der Waals surface area (Å²) < 4.78 is 13.0. The van der Waals surface area contributed by atoms with E-state index in [-0.39, 0.29) is 0 Å². The highest BCUT2D eigenvalue weighted by molar-refractivity contribution is 6.10. The summed E-state index contributed by atoms with van der Waals surface area (Å²) in [5, 5.41) is 2.31. The lowest BCUT2D eigenvalue weighted by molar-refractivity contribution is -0.598. The number of aromatic nitrogens is 4. The number of ether oxygens (including phenoxy) is 1. The summed E-state index contributed by atoms with van der Waals surface area (Å²) in [5.41, 5.74) is 12.3. The molecule has 10 aromatic rings. The number of hydrogen-bond acceptors (Lipinski definition) is 2. The van der Waals surface area contributed by atoms with Crippen LogP contribution in [0.1, 0.15) is 25.3 Å². The number of pyridine rings is 1. The normalized spacial score (nSPS) is 11.4. The fourth-order valence-electron chi connectivity index (χ4n) is 7.96. The van der Waals surface area contributed by atoms with Crippen molar-refractivity contribution in [1.29, 1.82) is 0 Å². The van der Waals surface area contributed by atoms with Gasteiger partial charge in [0.1, 0.15) is 17.3 Å². The number of hydrogen-bond donors (Lipinski definition) is 0. The molecular formula is C53H40N4O. The Hall–Kier alpha value is -7.50. The van der Waals surface area contributed by atoms with Crippen LogP contribution in [-0.2, 0) is 0 Å². The highest BCUT2D eigenvalue weighted by atomic mass is 16.5. The minimum atomic E-state index is 0.377. The van der Waals surface area contributed by atoms with Crippen LogP contribution >= 0.6 is 0 Å². The van der Waals surface area contributed by atoms with E-state index in [4.69, 9.17) is 9.72 Å². The molecule has 0 unspecified atom stereocenters. The van der Waals surface area contributed by atoms with Gasteiger partial charge in [-0.25, -0.2) is 4.98 Å². The molecule has 0 fully saturated rings. The molecule has 5 heteroatoms. The van der Waals surface area contributed by atoms with Crippen molar-refractivity contribution in [1.82, 2.24) is 14.1 Å². The van der Waals surface area contributed by atoms with E-state index in [1.807, 2.05) is 29.1 Å². The molecule has 0 N–H and O–H groups in total. The molecule has 58 heavy (non-hydrogen) atoms. The summed E-state index contributed by atoms with van der Waals surface area (Å²) in [4.78, 5) is 4.89. The summed E-state index contributed by atoms with van der Waals surface area (Å²) in [6.07, 6.45) is 9.65. The zero-order chi connectivity index (χ0) is 39.0. The van der Waals surface area contributed by atoms with Crippen LogP contribution in [0.4, 0.5) is 0 Å². The number of imidazole rings is 1. The SMILES string of the molecule is CC(C)c1ccnc(-n2c3ccc(-c4ccccc4)cc3c3ccc(Oc4cccc(-n5[c-][n+](-c6c(-c7ccccc7)cccc6-c6ccccc6)cc5)c4)cc32)c1. The van der Waals surface area contributed by atoms with Crippen LogP contribution in [0.15, 0.2) is 201 Å². The Balaban J connectivity index is 1.03. The van der Waals surface area contributed by atoms with Gasteiger partial charge in [-0.15, -0.1) is 0 Å². The van der Waals surface area contributed by atoms with Crippen molar-refractivity contribution < 1.29 is 9.30 Å². The Bertz CT molecular complexity index is 3000. The van der Waals surface area contributed by atoms with Gasteiger partial charge in [0.2, 0.25) is 0 Å². The van der Waals surface area contributed by atoms with Crippen molar-refractivity contribution in [2.24, 2.45) is 0 Å². The summed E-state index contributed by atoms with van der Waals surface area (Å²) in [6.45, 7) is 4.43. The van der Waals surface area contributed by atoms with Crippen molar-refractivity contribution >= 4 is 21.8 Å². The lowest BCUT2D eigenvalue weighted by Crippen LogP contribution is -2.30. The largest absolute Gasteiger partial charge is 0.458 e. The van der Waals surface area contributed by atoms with E-state index in [9.17, 15) is 0 Å². The molecule has 0 atom stereocenters. The van der Waals surface area contributed by atoms with Crippen molar-refractivity contribution in [3.05, 3.63) is 212 Å². The van der Waals surface area contributed by atoms with E-state index in [1.54, 1.807) is 0 Å². The Morgan fingerprint density at radius 2 is 1.22 bits per heavy atom. The maximum atomic E-state index is 6.67. The van der Waals surface area contributed by atoms with Crippen molar-refractivity contribution in [2.75, 3.05) is 0 Å². The first-order chi connectivity index (χ1) is 28.6. The molecule has 278 valence electrons. The van der Waals surface area contributed by atoms with Gasteiger partial charge in [-0.3, -0.25) is 13.7 Å². The highest BCUT2D eigenvalue weighted by Crippen LogP contribution is 2.38. The smallest absolute Gasteiger partial charge is 0.268 e. The van der Waals surface area contributed by atoms with Gasteiger partial charge in [-0.2, -0.15) is 0 Å². The molecule has 0 spiro atoms. The van der Waals surface area contributed by atoms with Gasteiger partial charge >= 0.3 is 0 Å². The lowest BCUT2D eigenvalue weighted by Gasteiger charge is -2.16. The predicted molar refractivity (Wildman–Crippen MR) is 235 cm³/mol. The van der Waals surface area contributed by atoms with E-state index in [2.05, 4.69) is 205 Å². The molecule has 3 heterocycles. The molecule has 0 bridgehead atoms. The predicted octanol–water partition coefficient (Wildman–Crippen LogP) is 13.0. The highest BCUT2D eigenvalue weighted by Gasteiger charge is 2.18.